The lowest BCUT2D eigenvalue weighted by Gasteiger charge is -2.14. The quantitative estimate of drug-likeness (QED) is 0.502. The van der Waals surface area contributed by atoms with Crippen LogP contribution in [0.25, 0.3) is 0 Å². The Labute approximate surface area is 193 Å². The summed E-state index contributed by atoms with van der Waals surface area (Å²) >= 11 is 0. The predicted molar refractivity (Wildman–Crippen MR) is 125 cm³/mol. The Morgan fingerprint density at radius 2 is 1.73 bits per heavy atom. The van der Waals surface area contributed by atoms with Crippen molar-refractivity contribution in [2.24, 2.45) is 0 Å². The number of amides is 1. The van der Waals surface area contributed by atoms with Crippen molar-refractivity contribution in [1.82, 2.24) is 10.0 Å². The van der Waals surface area contributed by atoms with Crippen molar-refractivity contribution >= 4 is 15.9 Å². The third kappa shape index (κ3) is 5.91. The van der Waals surface area contributed by atoms with Crippen LogP contribution in [-0.4, -0.2) is 27.2 Å². The van der Waals surface area contributed by atoms with E-state index in [0.29, 0.717) is 17.1 Å². The van der Waals surface area contributed by atoms with E-state index < -0.39 is 10.0 Å². The lowest BCUT2D eigenvalue weighted by atomic mass is 10.1. The zero-order chi connectivity index (χ0) is 23.3. The molecule has 33 heavy (non-hydrogen) atoms. The van der Waals surface area contributed by atoms with Gasteiger partial charge in [-0.05, 0) is 61.2 Å². The summed E-state index contributed by atoms with van der Waals surface area (Å²) < 4.78 is 38.8. The summed E-state index contributed by atoms with van der Waals surface area (Å²) in [5.74, 6) is 0.924. The first-order valence-corrected chi connectivity index (χ1v) is 12.2. The molecule has 0 spiro atoms. The van der Waals surface area contributed by atoms with E-state index in [-0.39, 0.29) is 30.2 Å². The van der Waals surface area contributed by atoms with Crippen LogP contribution in [0.5, 0.6) is 11.5 Å². The van der Waals surface area contributed by atoms with Gasteiger partial charge < -0.3 is 14.8 Å². The monoisotopic (exact) mass is 466 g/mol. The largest absolute Gasteiger partial charge is 0.454 e. The number of ether oxygens (including phenoxy) is 2. The van der Waals surface area contributed by atoms with Crippen molar-refractivity contribution in [3.8, 4) is 11.5 Å². The second-order valence-electron chi connectivity index (χ2n) is 7.94. The van der Waals surface area contributed by atoms with Crippen LogP contribution in [0.2, 0.25) is 0 Å². The first-order valence-electron chi connectivity index (χ1n) is 10.7. The molecule has 1 atom stereocenters. The zero-order valence-electron chi connectivity index (χ0n) is 18.3. The summed E-state index contributed by atoms with van der Waals surface area (Å²) in [4.78, 5) is 12.7. The average Bonchev–Trinajstić information content (AvgIpc) is 3.30. The van der Waals surface area contributed by atoms with Gasteiger partial charge in [0.2, 0.25) is 16.8 Å². The fourth-order valence-electron chi connectivity index (χ4n) is 3.52. The van der Waals surface area contributed by atoms with E-state index in [1.807, 2.05) is 25.1 Å². The molecule has 8 heteroatoms. The molecule has 4 rings (SSSR count). The molecule has 0 radical (unpaired) electrons. The minimum Gasteiger partial charge on any atom is -0.454 e. The zero-order valence-corrected chi connectivity index (χ0v) is 19.1. The maximum absolute atomic E-state index is 12.8. The molecular weight excluding hydrogens is 440 g/mol. The minimum atomic E-state index is -3.81. The molecule has 0 saturated heterocycles. The molecule has 1 amide bonds. The predicted octanol–water partition coefficient (Wildman–Crippen LogP) is 3.64. The number of nitrogens with one attached hydrogen (secondary N) is 2. The molecular formula is C25H26N2O5S. The highest BCUT2D eigenvalue weighted by Gasteiger charge is 2.18. The highest BCUT2D eigenvalue weighted by Crippen LogP contribution is 2.32. The maximum atomic E-state index is 12.8. The SMILES string of the molecule is CC(CCc1ccccc1)NC(=O)c1cccc(S(=O)(=O)NCc2ccc3c(c2)OCO3)c1. The van der Waals surface area contributed by atoms with Gasteiger partial charge in [-0.1, -0.05) is 42.5 Å². The summed E-state index contributed by atoms with van der Waals surface area (Å²) in [5.41, 5.74) is 2.25. The fraction of sp³-hybridized carbons (Fsp3) is 0.240. The Bertz CT molecular complexity index is 1230. The lowest BCUT2D eigenvalue weighted by molar-refractivity contribution is 0.0938. The molecule has 0 aliphatic carbocycles. The van der Waals surface area contributed by atoms with Crippen LogP contribution in [0.15, 0.2) is 77.7 Å². The van der Waals surface area contributed by atoms with Gasteiger partial charge in [-0.25, -0.2) is 13.1 Å². The Hall–Kier alpha value is -3.36. The van der Waals surface area contributed by atoms with Crippen LogP contribution < -0.4 is 19.5 Å². The van der Waals surface area contributed by atoms with Crippen molar-refractivity contribution in [2.75, 3.05) is 6.79 Å². The van der Waals surface area contributed by atoms with E-state index in [9.17, 15) is 13.2 Å². The van der Waals surface area contributed by atoms with Crippen molar-refractivity contribution in [2.45, 2.75) is 37.2 Å². The van der Waals surface area contributed by atoms with Crippen LogP contribution in [0, 0.1) is 0 Å². The third-order valence-corrected chi connectivity index (χ3v) is 6.80. The number of hydrogen-bond acceptors (Lipinski definition) is 5. The van der Waals surface area contributed by atoms with Gasteiger partial charge in [-0.3, -0.25) is 4.79 Å². The van der Waals surface area contributed by atoms with Gasteiger partial charge >= 0.3 is 0 Å². The topological polar surface area (TPSA) is 93.7 Å². The fourth-order valence-corrected chi connectivity index (χ4v) is 4.59. The van der Waals surface area contributed by atoms with E-state index in [1.165, 1.54) is 17.7 Å². The normalized spacial score (nSPS) is 13.5. The third-order valence-electron chi connectivity index (χ3n) is 5.40. The van der Waals surface area contributed by atoms with Crippen LogP contribution >= 0.6 is 0 Å². The van der Waals surface area contributed by atoms with Crippen LogP contribution in [0.1, 0.15) is 34.8 Å². The summed E-state index contributed by atoms with van der Waals surface area (Å²) in [6, 6.07) is 21.3. The van der Waals surface area contributed by atoms with Gasteiger partial charge in [0.05, 0.1) is 4.90 Å². The number of rotatable bonds is 9. The molecule has 0 fully saturated rings. The van der Waals surface area contributed by atoms with E-state index in [1.54, 1.807) is 30.3 Å². The average molecular weight is 467 g/mol. The first-order chi connectivity index (χ1) is 15.9. The number of aryl methyl sites for hydroxylation is 1. The van der Waals surface area contributed by atoms with Gasteiger partial charge in [0.15, 0.2) is 11.5 Å². The molecule has 172 valence electrons. The van der Waals surface area contributed by atoms with E-state index in [4.69, 9.17) is 9.47 Å². The van der Waals surface area contributed by atoms with Gasteiger partial charge in [0.25, 0.3) is 5.91 Å². The Morgan fingerprint density at radius 3 is 2.55 bits per heavy atom. The number of carbonyl (C=O) groups excluding carboxylic acids is 1. The Balaban J connectivity index is 1.36. The molecule has 0 aromatic heterocycles. The van der Waals surface area contributed by atoms with Gasteiger partial charge in [-0.15, -0.1) is 0 Å². The number of sulfonamides is 1. The molecule has 1 unspecified atom stereocenters. The molecule has 2 N–H and O–H groups in total. The van der Waals surface area contributed by atoms with Gasteiger partial charge in [-0.2, -0.15) is 0 Å². The number of benzene rings is 3. The molecule has 1 aliphatic heterocycles. The highest BCUT2D eigenvalue weighted by molar-refractivity contribution is 7.89. The number of hydrogen-bond donors (Lipinski definition) is 2. The minimum absolute atomic E-state index is 0.0350. The second-order valence-corrected chi connectivity index (χ2v) is 9.71. The van der Waals surface area contributed by atoms with E-state index >= 15 is 0 Å². The molecule has 0 saturated carbocycles. The van der Waals surface area contributed by atoms with Crippen molar-refractivity contribution < 1.29 is 22.7 Å². The Kier molecular flexibility index (Phi) is 6.96. The summed E-state index contributed by atoms with van der Waals surface area (Å²) in [5, 5.41) is 2.95. The van der Waals surface area contributed by atoms with Crippen molar-refractivity contribution in [3.05, 3.63) is 89.5 Å². The first kappa shape index (κ1) is 22.8. The standard InChI is InChI=1S/C25H26N2O5S/c1-18(10-11-19-6-3-2-4-7-19)27-25(28)21-8-5-9-22(15-21)33(29,30)26-16-20-12-13-23-24(14-20)32-17-31-23/h2-9,12-15,18,26H,10-11,16-17H2,1H3,(H,27,28). The van der Waals surface area contributed by atoms with Gasteiger partial charge in [0, 0.05) is 18.2 Å². The van der Waals surface area contributed by atoms with Gasteiger partial charge in [0.1, 0.15) is 0 Å². The second kappa shape index (κ2) is 10.1. The van der Waals surface area contributed by atoms with Crippen LogP contribution in [0.3, 0.4) is 0 Å². The molecule has 0 bridgehead atoms. The summed E-state index contributed by atoms with van der Waals surface area (Å²) in [7, 11) is -3.81. The molecule has 7 nitrogen and oxygen atoms in total. The summed E-state index contributed by atoms with van der Waals surface area (Å²) in [6.45, 7) is 2.19. The number of carbonyl (C=O) groups is 1. The van der Waals surface area contributed by atoms with Crippen LogP contribution in [0.4, 0.5) is 0 Å². The lowest BCUT2D eigenvalue weighted by Crippen LogP contribution is -2.33. The molecule has 3 aromatic rings. The number of fused-ring (bicyclic) bond motifs is 1. The van der Waals surface area contributed by atoms with Crippen LogP contribution in [-0.2, 0) is 23.0 Å². The van der Waals surface area contributed by atoms with Crippen molar-refractivity contribution in [3.63, 3.8) is 0 Å². The van der Waals surface area contributed by atoms with Crippen molar-refractivity contribution in [1.29, 1.82) is 0 Å². The Morgan fingerprint density at radius 1 is 0.939 bits per heavy atom. The maximum Gasteiger partial charge on any atom is 0.251 e. The van der Waals surface area contributed by atoms with E-state index in [2.05, 4.69) is 22.2 Å². The molecule has 1 heterocycles. The molecule has 1 aliphatic rings. The summed E-state index contributed by atoms with van der Waals surface area (Å²) in [6.07, 6.45) is 1.63. The molecule has 3 aromatic carbocycles. The van der Waals surface area contributed by atoms with E-state index in [0.717, 1.165) is 18.4 Å². The smallest absolute Gasteiger partial charge is 0.251 e. The highest BCUT2D eigenvalue weighted by atomic mass is 32.2.